The summed E-state index contributed by atoms with van der Waals surface area (Å²) >= 11 is 0. The Hall–Kier alpha value is -1.02. The van der Waals surface area contributed by atoms with Crippen molar-refractivity contribution in [1.82, 2.24) is 5.32 Å². The summed E-state index contributed by atoms with van der Waals surface area (Å²) in [5.41, 5.74) is 2.79. The lowest BCUT2D eigenvalue weighted by Crippen LogP contribution is -2.30. The van der Waals surface area contributed by atoms with Crippen molar-refractivity contribution >= 4 is 0 Å². The number of hydrogen-bond donors (Lipinski definition) is 1. The van der Waals surface area contributed by atoms with Crippen LogP contribution in [0.1, 0.15) is 70.0 Å². The van der Waals surface area contributed by atoms with Crippen molar-refractivity contribution in [3.05, 3.63) is 29.3 Å². The van der Waals surface area contributed by atoms with Crippen LogP contribution in [0, 0.1) is 0 Å². The highest BCUT2D eigenvalue weighted by Crippen LogP contribution is 2.40. The molecule has 0 aliphatic carbocycles. The van der Waals surface area contributed by atoms with Crippen LogP contribution < -0.4 is 10.1 Å². The van der Waals surface area contributed by atoms with Gasteiger partial charge in [0.2, 0.25) is 0 Å². The first kappa shape index (κ1) is 14.4. The first-order valence-corrected chi connectivity index (χ1v) is 7.75. The predicted molar refractivity (Wildman–Crippen MR) is 80.9 cm³/mol. The van der Waals surface area contributed by atoms with Gasteiger partial charge in [-0.15, -0.1) is 0 Å². The second-order valence-corrected chi connectivity index (χ2v) is 5.59. The third-order valence-corrected chi connectivity index (χ3v) is 4.20. The zero-order chi connectivity index (χ0) is 13.8. The van der Waals surface area contributed by atoms with Gasteiger partial charge in [-0.05, 0) is 36.9 Å². The van der Waals surface area contributed by atoms with Crippen LogP contribution >= 0.6 is 0 Å². The van der Waals surface area contributed by atoms with Crippen LogP contribution in [0.4, 0.5) is 0 Å². The van der Waals surface area contributed by atoms with Crippen LogP contribution in [0.3, 0.4) is 0 Å². The summed E-state index contributed by atoms with van der Waals surface area (Å²) in [6.45, 7) is 9.92. The van der Waals surface area contributed by atoms with Crippen molar-refractivity contribution in [1.29, 1.82) is 0 Å². The van der Waals surface area contributed by atoms with Gasteiger partial charge in [-0.2, -0.15) is 0 Å². The van der Waals surface area contributed by atoms with E-state index in [1.807, 2.05) is 0 Å². The van der Waals surface area contributed by atoms with E-state index in [1.165, 1.54) is 24.0 Å². The lowest BCUT2D eigenvalue weighted by molar-refractivity contribution is 0.179. The number of nitrogens with one attached hydrogen (secondary N) is 1. The van der Waals surface area contributed by atoms with E-state index in [9.17, 15) is 0 Å². The van der Waals surface area contributed by atoms with Crippen molar-refractivity contribution in [2.24, 2.45) is 0 Å². The van der Waals surface area contributed by atoms with E-state index in [-0.39, 0.29) is 0 Å². The molecular formula is C17H27NO. The summed E-state index contributed by atoms with van der Waals surface area (Å²) < 4.78 is 6.12. The fraction of sp³-hybridized carbons (Fsp3) is 0.647. The topological polar surface area (TPSA) is 21.3 Å². The van der Waals surface area contributed by atoms with Crippen LogP contribution in [0.5, 0.6) is 5.75 Å². The predicted octanol–water partition coefficient (Wildman–Crippen LogP) is 4.41. The van der Waals surface area contributed by atoms with Crippen molar-refractivity contribution in [3.63, 3.8) is 0 Å². The Morgan fingerprint density at radius 2 is 2.05 bits per heavy atom. The van der Waals surface area contributed by atoms with Crippen LogP contribution in [0.2, 0.25) is 0 Å². The molecule has 19 heavy (non-hydrogen) atoms. The molecule has 3 unspecified atom stereocenters. The second-order valence-electron chi connectivity index (χ2n) is 5.59. The zero-order valence-corrected chi connectivity index (χ0v) is 12.7. The molecule has 0 saturated carbocycles. The van der Waals surface area contributed by atoms with E-state index in [0.29, 0.717) is 18.1 Å². The van der Waals surface area contributed by atoms with Crippen molar-refractivity contribution < 1.29 is 4.74 Å². The van der Waals surface area contributed by atoms with Gasteiger partial charge < -0.3 is 10.1 Å². The second kappa shape index (κ2) is 6.42. The van der Waals surface area contributed by atoms with E-state index in [0.717, 1.165) is 18.7 Å². The van der Waals surface area contributed by atoms with Gasteiger partial charge in [0.25, 0.3) is 0 Å². The van der Waals surface area contributed by atoms with Crippen LogP contribution in [-0.4, -0.2) is 12.6 Å². The summed E-state index contributed by atoms with van der Waals surface area (Å²) in [6.07, 6.45) is 3.76. The molecule has 0 aromatic heterocycles. The first-order chi connectivity index (χ1) is 9.21. The fourth-order valence-electron chi connectivity index (χ4n) is 2.86. The minimum atomic E-state index is 0.298. The molecule has 2 heteroatoms. The maximum Gasteiger partial charge on any atom is 0.124 e. The third kappa shape index (κ3) is 2.94. The normalized spacial score (nSPS) is 22.9. The smallest absolute Gasteiger partial charge is 0.124 e. The Kier molecular flexibility index (Phi) is 4.87. The molecule has 2 rings (SSSR count). The minimum Gasteiger partial charge on any atom is -0.488 e. The molecule has 3 atom stereocenters. The highest BCUT2D eigenvalue weighted by Gasteiger charge is 2.33. The molecule has 1 aromatic rings. The number of likely N-dealkylation sites (N-methyl/N-ethyl adjacent to an activating group) is 1. The summed E-state index contributed by atoms with van der Waals surface area (Å²) in [5, 5.41) is 3.59. The molecule has 0 radical (unpaired) electrons. The maximum absolute atomic E-state index is 6.12. The molecule has 1 aliphatic rings. The molecule has 1 N–H and O–H groups in total. The minimum absolute atomic E-state index is 0.298. The van der Waals surface area contributed by atoms with E-state index in [4.69, 9.17) is 4.74 Å². The fourth-order valence-corrected chi connectivity index (χ4v) is 2.86. The van der Waals surface area contributed by atoms with Crippen molar-refractivity contribution in [3.8, 4) is 5.75 Å². The highest BCUT2D eigenvalue weighted by atomic mass is 16.5. The van der Waals surface area contributed by atoms with Crippen LogP contribution in [-0.2, 0) is 0 Å². The quantitative estimate of drug-likeness (QED) is 0.819. The van der Waals surface area contributed by atoms with Gasteiger partial charge in [0.1, 0.15) is 11.9 Å². The van der Waals surface area contributed by atoms with Gasteiger partial charge in [0.15, 0.2) is 0 Å². The Labute approximate surface area is 117 Å². The number of benzene rings is 1. The molecule has 0 amide bonds. The van der Waals surface area contributed by atoms with E-state index in [1.54, 1.807) is 0 Å². The summed E-state index contributed by atoms with van der Waals surface area (Å²) in [6, 6.07) is 7.11. The third-order valence-electron chi connectivity index (χ3n) is 4.20. The van der Waals surface area contributed by atoms with Gasteiger partial charge in [-0.3, -0.25) is 0 Å². The molecule has 0 saturated heterocycles. The first-order valence-electron chi connectivity index (χ1n) is 7.75. The molecule has 0 spiro atoms. The van der Waals surface area contributed by atoms with Gasteiger partial charge >= 0.3 is 0 Å². The van der Waals surface area contributed by atoms with E-state index in [2.05, 4.69) is 51.2 Å². The van der Waals surface area contributed by atoms with Gasteiger partial charge in [0, 0.05) is 5.56 Å². The molecule has 0 fully saturated rings. The highest BCUT2D eigenvalue weighted by molar-refractivity contribution is 5.44. The number of ether oxygens (including phenoxy) is 1. The van der Waals surface area contributed by atoms with Crippen LogP contribution in [0.15, 0.2) is 18.2 Å². The van der Waals surface area contributed by atoms with Gasteiger partial charge in [0.05, 0.1) is 6.04 Å². The standard InChI is InChI=1S/C17H27NO/c1-5-8-16-17(18-7-3)14-11-13(12(4)6-2)9-10-15(14)19-16/h9-12,16-18H,5-8H2,1-4H3. The van der Waals surface area contributed by atoms with Gasteiger partial charge in [-0.1, -0.05) is 46.2 Å². The lowest BCUT2D eigenvalue weighted by atomic mass is 9.93. The molecule has 1 aliphatic heterocycles. The average molecular weight is 261 g/mol. The Balaban J connectivity index is 2.28. The number of fused-ring (bicyclic) bond motifs is 1. The molecule has 1 heterocycles. The van der Waals surface area contributed by atoms with E-state index < -0.39 is 0 Å². The largest absolute Gasteiger partial charge is 0.488 e. The summed E-state index contributed by atoms with van der Waals surface area (Å²) in [5.74, 6) is 1.70. The Morgan fingerprint density at radius 3 is 2.68 bits per heavy atom. The Morgan fingerprint density at radius 1 is 1.26 bits per heavy atom. The number of hydrogen-bond acceptors (Lipinski definition) is 2. The van der Waals surface area contributed by atoms with Crippen molar-refractivity contribution in [2.45, 2.75) is 65.0 Å². The lowest BCUT2D eigenvalue weighted by Gasteiger charge is -2.19. The van der Waals surface area contributed by atoms with Crippen LogP contribution in [0.25, 0.3) is 0 Å². The Bertz CT molecular complexity index is 416. The average Bonchev–Trinajstić information content (AvgIpc) is 2.76. The van der Waals surface area contributed by atoms with Crippen molar-refractivity contribution in [2.75, 3.05) is 6.54 Å². The summed E-state index contributed by atoms with van der Waals surface area (Å²) in [4.78, 5) is 0. The SMILES string of the molecule is CCCC1Oc2ccc(C(C)CC)cc2C1NCC. The maximum atomic E-state index is 6.12. The van der Waals surface area contributed by atoms with Gasteiger partial charge in [-0.25, -0.2) is 0 Å². The molecule has 1 aromatic carbocycles. The summed E-state index contributed by atoms with van der Waals surface area (Å²) in [7, 11) is 0. The molecule has 106 valence electrons. The molecular weight excluding hydrogens is 234 g/mol. The molecule has 0 bridgehead atoms. The monoisotopic (exact) mass is 261 g/mol. The number of rotatable bonds is 6. The molecule has 2 nitrogen and oxygen atoms in total. The zero-order valence-electron chi connectivity index (χ0n) is 12.7. The van der Waals surface area contributed by atoms with E-state index >= 15 is 0 Å².